The van der Waals surface area contributed by atoms with Crippen LogP contribution in [0.5, 0.6) is 0 Å². The first-order valence-electron chi connectivity index (χ1n) is 7.25. The Labute approximate surface area is 106 Å². The highest BCUT2D eigenvalue weighted by Gasteiger charge is 2.61. The highest BCUT2D eigenvalue weighted by molar-refractivity contribution is 5.09. The lowest BCUT2D eigenvalue weighted by atomic mass is 9.80. The molecule has 0 bridgehead atoms. The molecule has 100 valence electrons. The molecule has 0 aromatic carbocycles. The third kappa shape index (κ3) is 2.39. The van der Waals surface area contributed by atoms with Crippen molar-refractivity contribution in [2.45, 2.75) is 53.8 Å². The van der Waals surface area contributed by atoms with E-state index < -0.39 is 0 Å². The molecule has 2 rings (SSSR count). The smallest absolute Gasteiger partial charge is 0.160 e. The van der Waals surface area contributed by atoms with Crippen molar-refractivity contribution in [1.82, 2.24) is 0 Å². The molecule has 0 aromatic heterocycles. The van der Waals surface area contributed by atoms with Gasteiger partial charge >= 0.3 is 0 Å². The fourth-order valence-electron chi connectivity index (χ4n) is 3.90. The number of hydrogen-bond donors (Lipinski definition) is 0. The summed E-state index contributed by atoms with van der Waals surface area (Å²) < 4.78 is 11.6. The van der Waals surface area contributed by atoms with Crippen LogP contribution in [-0.2, 0) is 9.47 Å². The molecule has 2 fully saturated rings. The van der Waals surface area contributed by atoms with Crippen LogP contribution in [0.15, 0.2) is 0 Å². The van der Waals surface area contributed by atoms with Gasteiger partial charge in [-0.2, -0.15) is 0 Å². The second-order valence-corrected chi connectivity index (χ2v) is 6.43. The summed E-state index contributed by atoms with van der Waals surface area (Å²) in [7, 11) is 0. The van der Waals surface area contributed by atoms with Gasteiger partial charge in [0.05, 0.1) is 0 Å². The third-order valence-electron chi connectivity index (χ3n) is 5.18. The Morgan fingerprint density at radius 2 is 1.59 bits per heavy atom. The molecule has 0 heterocycles. The van der Waals surface area contributed by atoms with Crippen LogP contribution in [0, 0.1) is 29.1 Å². The minimum atomic E-state index is 0.0253. The van der Waals surface area contributed by atoms with Crippen LogP contribution in [0.2, 0.25) is 0 Å². The van der Waals surface area contributed by atoms with Crippen LogP contribution in [0.3, 0.4) is 0 Å². The van der Waals surface area contributed by atoms with E-state index in [-0.39, 0.29) is 6.29 Å². The van der Waals surface area contributed by atoms with Gasteiger partial charge < -0.3 is 9.47 Å². The highest BCUT2D eigenvalue weighted by atomic mass is 16.7. The van der Waals surface area contributed by atoms with Gasteiger partial charge in [-0.05, 0) is 49.9 Å². The Balaban J connectivity index is 1.99. The largest absolute Gasteiger partial charge is 0.353 e. The molecule has 0 aliphatic heterocycles. The van der Waals surface area contributed by atoms with Crippen molar-refractivity contribution in [2.75, 3.05) is 13.2 Å². The number of ether oxygens (including phenoxy) is 2. The number of fused-ring (bicyclic) bond motifs is 1. The van der Waals surface area contributed by atoms with Gasteiger partial charge in [0.1, 0.15) is 0 Å². The van der Waals surface area contributed by atoms with Gasteiger partial charge in [0.2, 0.25) is 0 Å². The van der Waals surface area contributed by atoms with Crippen LogP contribution in [-0.4, -0.2) is 19.5 Å². The van der Waals surface area contributed by atoms with Crippen LogP contribution < -0.4 is 0 Å². The predicted octanol–water partition coefficient (Wildman–Crippen LogP) is 3.70. The second kappa shape index (κ2) is 4.89. The van der Waals surface area contributed by atoms with Crippen molar-refractivity contribution in [2.24, 2.45) is 29.1 Å². The lowest BCUT2D eigenvalue weighted by Gasteiger charge is -2.34. The molecule has 0 aromatic rings. The van der Waals surface area contributed by atoms with Gasteiger partial charge in [-0.3, -0.25) is 0 Å². The van der Waals surface area contributed by atoms with Crippen molar-refractivity contribution >= 4 is 0 Å². The van der Waals surface area contributed by atoms with E-state index in [0.29, 0.717) is 11.3 Å². The lowest BCUT2D eigenvalue weighted by molar-refractivity contribution is -0.182. The van der Waals surface area contributed by atoms with Gasteiger partial charge in [-0.15, -0.1) is 0 Å². The molecule has 2 nitrogen and oxygen atoms in total. The lowest BCUT2D eigenvalue weighted by Crippen LogP contribution is -2.34. The van der Waals surface area contributed by atoms with E-state index in [0.717, 1.165) is 31.0 Å². The number of rotatable bonds is 5. The van der Waals surface area contributed by atoms with Crippen LogP contribution in [0.1, 0.15) is 47.5 Å². The zero-order chi connectivity index (χ0) is 12.6. The minimum Gasteiger partial charge on any atom is -0.353 e. The van der Waals surface area contributed by atoms with E-state index in [4.69, 9.17) is 9.47 Å². The molecule has 4 atom stereocenters. The van der Waals surface area contributed by atoms with Crippen LogP contribution >= 0.6 is 0 Å². The van der Waals surface area contributed by atoms with E-state index in [9.17, 15) is 0 Å². The standard InChI is InChI=1S/C15H28O2/c1-6-16-14(17-7-2)11-9-13-12(8-10(11)3)15(13,4)5/h10-14H,6-9H2,1-5H3/t10-,11-,12?,13?/m1/s1. The molecule has 2 aliphatic rings. The molecule has 0 N–H and O–H groups in total. The quantitative estimate of drug-likeness (QED) is 0.682. The Hall–Kier alpha value is -0.0800. The normalized spacial score (nSPS) is 39.2. The molecule has 2 unspecified atom stereocenters. The van der Waals surface area contributed by atoms with Gasteiger partial charge in [-0.1, -0.05) is 20.8 Å². The van der Waals surface area contributed by atoms with E-state index in [1.807, 2.05) is 0 Å². The number of hydrogen-bond acceptors (Lipinski definition) is 2. The summed E-state index contributed by atoms with van der Waals surface area (Å²) in [4.78, 5) is 0. The molecule has 2 aliphatic carbocycles. The molecule has 0 saturated heterocycles. The van der Waals surface area contributed by atoms with Crippen molar-refractivity contribution in [3.05, 3.63) is 0 Å². The van der Waals surface area contributed by atoms with Crippen molar-refractivity contribution < 1.29 is 9.47 Å². The summed E-state index contributed by atoms with van der Waals surface area (Å²) in [5.41, 5.74) is 0.575. The molecular weight excluding hydrogens is 212 g/mol. The van der Waals surface area contributed by atoms with Gasteiger partial charge in [-0.25, -0.2) is 0 Å². The zero-order valence-corrected chi connectivity index (χ0v) is 12.0. The van der Waals surface area contributed by atoms with E-state index >= 15 is 0 Å². The van der Waals surface area contributed by atoms with E-state index in [1.54, 1.807) is 0 Å². The summed E-state index contributed by atoms with van der Waals surface area (Å²) in [6.45, 7) is 12.9. The molecule has 17 heavy (non-hydrogen) atoms. The molecule has 0 spiro atoms. The van der Waals surface area contributed by atoms with Crippen LogP contribution in [0.4, 0.5) is 0 Å². The fraction of sp³-hybridized carbons (Fsp3) is 1.00. The third-order valence-corrected chi connectivity index (χ3v) is 5.18. The van der Waals surface area contributed by atoms with E-state index in [1.165, 1.54) is 12.8 Å². The van der Waals surface area contributed by atoms with Crippen molar-refractivity contribution in [3.8, 4) is 0 Å². The Morgan fingerprint density at radius 3 is 2.12 bits per heavy atom. The monoisotopic (exact) mass is 240 g/mol. The maximum atomic E-state index is 5.81. The maximum Gasteiger partial charge on any atom is 0.160 e. The topological polar surface area (TPSA) is 18.5 Å². The average Bonchev–Trinajstić information content (AvgIpc) is 2.79. The first-order valence-corrected chi connectivity index (χ1v) is 7.25. The predicted molar refractivity (Wildman–Crippen MR) is 69.7 cm³/mol. The first-order chi connectivity index (χ1) is 8.02. The summed E-state index contributed by atoms with van der Waals surface area (Å²) in [5.74, 6) is 3.20. The molecular formula is C15H28O2. The highest BCUT2D eigenvalue weighted by Crippen LogP contribution is 2.67. The average molecular weight is 240 g/mol. The second-order valence-electron chi connectivity index (χ2n) is 6.43. The summed E-state index contributed by atoms with van der Waals surface area (Å²) >= 11 is 0. The Bertz CT molecular complexity index is 256. The van der Waals surface area contributed by atoms with Crippen molar-refractivity contribution in [1.29, 1.82) is 0 Å². The van der Waals surface area contributed by atoms with E-state index in [2.05, 4.69) is 34.6 Å². The Kier molecular flexibility index (Phi) is 3.84. The molecule has 2 saturated carbocycles. The Morgan fingerprint density at radius 1 is 1.06 bits per heavy atom. The van der Waals surface area contributed by atoms with Crippen LogP contribution in [0.25, 0.3) is 0 Å². The molecule has 2 heteroatoms. The zero-order valence-electron chi connectivity index (χ0n) is 12.0. The van der Waals surface area contributed by atoms with Gasteiger partial charge in [0, 0.05) is 19.1 Å². The maximum absolute atomic E-state index is 5.81. The van der Waals surface area contributed by atoms with Gasteiger partial charge in [0.25, 0.3) is 0 Å². The first kappa shape index (κ1) is 13.4. The fourth-order valence-corrected chi connectivity index (χ4v) is 3.90. The minimum absolute atomic E-state index is 0.0253. The van der Waals surface area contributed by atoms with Gasteiger partial charge in [0.15, 0.2) is 6.29 Å². The SMILES string of the molecule is CCOC(OCC)[C@@H]1CC2C(C[C@H]1C)C2(C)C. The van der Waals surface area contributed by atoms with Crippen molar-refractivity contribution in [3.63, 3.8) is 0 Å². The summed E-state index contributed by atoms with van der Waals surface area (Å²) in [5, 5.41) is 0. The molecule has 0 amide bonds. The summed E-state index contributed by atoms with van der Waals surface area (Å²) in [6.07, 6.45) is 2.68. The molecule has 0 radical (unpaired) electrons. The summed E-state index contributed by atoms with van der Waals surface area (Å²) in [6, 6.07) is 0.